The molecule has 0 aliphatic carbocycles. The number of nitrogens with zero attached hydrogens (tertiary/aromatic N) is 3. The van der Waals surface area contributed by atoms with Crippen molar-refractivity contribution in [2.24, 2.45) is 5.10 Å². The molecule has 0 saturated carbocycles. The van der Waals surface area contributed by atoms with Crippen molar-refractivity contribution < 1.29 is 23.1 Å². The van der Waals surface area contributed by atoms with Crippen molar-refractivity contribution in [3.05, 3.63) is 59.7 Å². The van der Waals surface area contributed by atoms with Gasteiger partial charge >= 0.3 is 0 Å². The van der Waals surface area contributed by atoms with E-state index in [-0.39, 0.29) is 17.6 Å². The maximum absolute atomic E-state index is 13.7. The average Bonchev–Trinajstić information content (AvgIpc) is 3.19. The van der Waals surface area contributed by atoms with Crippen molar-refractivity contribution in [2.75, 3.05) is 18.5 Å². The SMILES string of the molecule is CCOc1ccc(C2CC3C(=O)N(CC(=O)Nc4cc(F)ccc4F)N=CN3N2)cc1. The topological polar surface area (TPSA) is 86.3 Å². The first-order valence-corrected chi connectivity index (χ1v) is 9.82. The Hall–Kier alpha value is -3.53. The van der Waals surface area contributed by atoms with Crippen molar-refractivity contribution >= 4 is 23.8 Å². The predicted octanol–water partition coefficient (Wildman–Crippen LogP) is 2.41. The number of nitrogens with one attached hydrogen (secondary N) is 2. The van der Waals surface area contributed by atoms with Gasteiger partial charge in [0.2, 0.25) is 5.91 Å². The number of amides is 2. The van der Waals surface area contributed by atoms with E-state index < -0.39 is 30.1 Å². The van der Waals surface area contributed by atoms with Crippen LogP contribution in [0, 0.1) is 11.6 Å². The van der Waals surface area contributed by atoms with Gasteiger partial charge in [0.25, 0.3) is 5.91 Å². The molecule has 0 radical (unpaired) electrons. The molecule has 2 aromatic carbocycles. The molecular weight excluding hydrogens is 408 g/mol. The van der Waals surface area contributed by atoms with Crippen molar-refractivity contribution in [3.63, 3.8) is 0 Å². The highest BCUT2D eigenvalue weighted by Crippen LogP contribution is 2.30. The second kappa shape index (κ2) is 8.68. The summed E-state index contributed by atoms with van der Waals surface area (Å²) in [4.78, 5) is 25.1. The monoisotopic (exact) mass is 429 g/mol. The van der Waals surface area contributed by atoms with Gasteiger partial charge < -0.3 is 10.1 Å². The molecule has 0 spiro atoms. The minimum atomic E-state index is -0.771. The number of halogens is 2. The Morgan fingerprint density at radius 2 is 2.03 bits per heavy atom. The third-order valence-corrected chi connectivity index (χ3v) is 5.04. The molecule has 1 saturated heterocycles. The van der Waals surface area contributed by atoms with Crippen LogP contribution in [0.5, 0.6) is 5.75 Å². The number of hydrazone groups is 1. The molecular formula is C21H21F2N5O3. The lowest BCUT2D eigenvalue weighted by Gasteiger charge is -2.29. The first-order valence-electron chi connectivity index (χ1n) is 9.82. The summed E-state index contributed by atoms with van der Waals surface area (Å²) >= 11 is 0. The number of hydrazine groups is 1. The molecule has 2 atom stereocenters. The van der Waals surface area contributed by atoms with Crippen LogP contribution in [0.25, 0.3) is 0 Å². The summed E-state index contributed by atoms with van der Waals surface area (Å²) in [6, 6.07) is 9.71. The number of anilines is 1. The van der Waals surface area contributed by atoms with Gasteiger partial charge in [0.15, 0.2) is 0 Å². The molecule has 2 heterocycles. The Labute approximate surface area is 177 Å². The van der Waals surface area contributed by atoms with Gasteiger partial charge in [0.05, 0.1) is 18.3 Å². The maximum Gasteiger partial charge on any atom is 0.267 e. The van der Waals surface area contributed by atoms with Gasteiger partial charge in [-0.2, -0.15) is 5.10 Å². The van der Waals surface area contributed by atoms with Crippen LogP contribution in [0.3, 0.4) is 0 Å². The van der Waals surface area contributed by atoms with Crippen LogP contribution in [0.1, 0.15) is 24.9 Å². The van der Waals surface area contributed by atoms with E-state index in [2.05, 4.69) is 15.8 Å². The number of ether oxygens (including phenoxy) is 1. The Morgan fingerprint density at radius 1 is 1.26 bits per heavy atom. The molecule has 1 fully saturated rings. The molecule has 2 unspecified atom stereocenters. The van der Waals surface area contributed by atoms with E-state index in [9.17, 15) is 18.4 Å². The highest BCUT2D eigenvalue weighted by Gasteiger charge is 2.41. The highest BCUT2D eigenvalue weighted by molar-refractivity contribution is 5.96. The predicted molar refractivity (Wildman–Crippen MR) is 109 cm³/mol. The average molecular weight is 429 g/mol. The molecule has 10 heteroatoms. The summed E-state index contributed by atoms with van der Waals surface area (Å²) in [5, 5.41) is 8.92. The standard InChI is InChI=1S/C21H21F2N5O3/c1-2-31-15-6-3-13(4-7-15)17-10-19-21(30)27(24-12-28(19)26-17)11-20(29)25-18-9-14(22)5-8-16(18)23/h3-9,12,17,19,26H,2,10-11H2,1H3,(H,25,29). The van der Waals surface area contributed by atoms with Gasteiger partial charge in [0, 0.05) is 6.07 Å². The van der Waals surface area contributed by atoms with Crippen LogP contribution in [0.4, 0.5) is 14.5 Å². The molecule has 31 heavy (non-hydrogen) atoms. The van der Waals surface area contributed by atoms with Crippen molar-refractivity contribution in [1.29, 1.82) is 0 Å². The Kier molecular flexibility index (Phi) is 5.81. The van der Waals surface area contributed by atoms with Crippen LogP contribution in [-0.4, -0.2) is 47.4 Å². The molecule has 8 nitrogen and oxygen atoms in total. The second-order valence-corrected chi connectivity index (χ2v) is 7.14. The molecule has 2 aliphatic rings. The molecule has 2 aromatic rings. The fraction of sp³-hybridized carbons (Fsp3) is 0.286. The first-order chi connectivity index (χ1) is 14.9. The van der Waals surface area contributed by atoms with E-state index >= 15 is 0 Å². The summed E-state index contributed by atoms with van der Waals surface area (Å²) < 4.78 is 32.4. The molecule has 2 amide bonds. The summed E-state index contributed by atoms with van der Waals surface area (Å²) in [7, 11) is 0. The molecule has 2 N–H and O–H groups in total. The molecule has 162 valence electrons. The lowest BCUT2D eigenvalue weighted by Crippen LogP contribution is -2.52. The van der Waals surface area contributed by atoms with Gasteiger partial charge in [-0.3, -0.25) is 14.6 Å². The Morgan fingerprint density at radius 3 is 2.77 bits per heavy atom. The summed E-state index contributed by atoms with van der Waals surface area (Å²) in [6.07, 6.45) is 1.92. The molecule has 4 rings (SSSR count). The van der Waals surface area contributed by atoms with Crippen LogP contribution in [0.2, 0.25) is 0 Å². The van der Waals surface area contributed by atoms with Crippen LogP contribution < -0.4 is 15.5 Å². The summed E-state index contributed by atoms with van der Waals surface area (Å²) in [6.45, 7) is 2.08. The third kappa shape index (κ3) is 4.48. The molecule has 0 bridgehead atoms. The molecule has 0 aromatic heterocycles. The zero-order chi connectivity index (χ0) is 22.0. The summed E-state index contributed by atoms with van der Waals surface area (Å²) in [5.74, 6) is -1.73. The van der Waals surface area contributed by atoms with E-state index in [4.69, 9.17) is 4.74 Å². The number of hydrogen-bond acceptors (Lipinski definition) is 6. The Bertz CT molecular complexity index is 1010. The van der Waals surface area contributed by atoms with Crippen molar-refractivity contribution in [1.82, 2.24) is 15.4 Å². The third-order valence-electron chi connectivity index (χ3n) is 5.04. The van der Waals surface area contributed by atoms with Gasteiger partial charge in [0.1, 0.15) is 36.3 Å². The lowest BCUT2D eigenvalue weighted by atomic mass is 10.0. The van der Waals surface area contributed by atoms with Gasteiger partial charge in [-0.25, -0.2) is 19.2 Å². The van der Waals surface area contributed by atoms with Crippen LogP contribution >= 0.6 is 0 Å². The normalized spacial score (nSPS) is 20.0. The largest absolute Gasteiger partial charge is 0.494 e. The number of carbonyl (C=O) groups excluding carboxylic acids is 2. The van der Waals surface area contributed by atoms with E-state index in [1.165, 1.54) is 6.34 Å². The smallest absolute Gasteiger partial charge is 0.267 e. The van der Waals surface area contributed by atoms with Crippen molar-refractivity contribution in [3.8, 4) is 5.75 Å². The van der Waals surface area contributed by atoms with E-state index in [0.29, 0.717) is 13.0 Å². The van der Waals surface area contributed by atoms with Crippen molar-refractivity contribution in [2.45, 2.75) is 25.4 Å². The van der Waals surface area contributed by atoms with Crippen LogP contribution in [-0.2, 0) is 9.59 Å². The van der Waals surface area contributed by atoms with Gasteiger partial charge in [-0.1, -0.05) is 12.1 Å². The van der Waals surface area contributed by atoms with Gasteiger partial charge in [-0.15, -0.1) is 0 Å². The Balaban J connectivity index is 1.38. The fourth-order valence-electron chi connectivity index (χ4n) is 3.55. The number of benzene rings is 2. The minimum Gasteiger partial charge on any atom is -0.494 e. The maximum atomic E-state index is 13.7. The lowest BCUT2D eigenvalue weighted by molar-refractivity contribution is -0.139. The quantitative estimate of drug-likeness (QED) is 0.737. The zero-order valence-electron chi connectivity index (χ0n) is 16.7. The number of fused-ring (bicyclic) bond motifs is 1. The number of rotatable bonds is 6. The highest BCUT2D eigenvalue weighted by atomic mass is 19.1. The second-order valence-electron chi connectivity index (χ2n) is 7.14. The summed E-state index contributed by atoms with van der Waals surface area (Å²) in [5.41, 5.74) is 3.92. The van der Waals surface area contributed by atoms with Gasteiger partial charge in [-0.05, 0) is 43.2 Å². The van der Waals surface area contributed by atoms with E-state index in [0.717, 1.165) is 34.5 Å². The van der Waals surface area contributed by atoms with Crippen LogP contribution in [0.15, 0.2) is 47.6 Å². The fourth-order valence-corrected chi connectivity index (χ4v) is 3.55. The zero-order valence-corrected chi connectivity index (χ0v) is 16.7. The first kappa shape index (κ1) is 20.7. The minimum absolute atomic E-state index is 0.105. The number of carbonyl (C=O) groups is 2. The van der Waals surface area contributed by atoms with E-state index in [1.807, 2.05) is 31.2 Å². The molecule has 2 aliphatic heterocycles. The number of hydrogen-bond donors (Lipinski definition) is 2. The van der Waals surface area contributed by atoms with E-state index in [1.54, 1.807) is 5.01 Å².